The minimum atomic E-state index is -3.44. The predicted octanol–water partition coefficient (Wildman–Crippen LogP) is 2.34. The van der Waals surface area contributed by atoms with Crippen molar-refractivity contribution in [3.63, 3.8) is 0 Å². The van der Waals surface area contributed by atoms with E-state index in [1.165, 1.54) is 4.31 Å². The zero-order chi connectivity index (χ0) is 14.6. The monoisotopic (exact) mass is 304 g/mol. The molecule has 0 radical (unpaired) electrons. The number of sulfonamides is 1. The molecule has 1 rings (SSSR count). The molecule has 6 heteroatoms. The molecule has 0 saturated heterocycles. The maximum absolute atomic E-state index is 12.4. The fourth-order valence-electron chi connectivity index (χ4n) is 1.83. The average Bonchev–Trinajstić information content (AvgIpc) is 2.31. The Balaban J connectivity index is 3.11. The van der Waals surface area contributed by atoms with Crippen LogP contribution in [0.5, 0.6) is 0 Å². The van der Waals surface area contributed by atoms with Crippen LogP contribution in [0.25, 0.3) is 0 Å². The fraction of sp³-hybridized carbons (Fsp3) is 0.538. The Bertz CT molecular complexity index is 529. The van der Waals surface area contributed by atoms with Crippen molar-refractivity contribution in [1.82, 2.24) is 9.62 Å². The Morgan fingerprint density at radius 2 is 2.00 bits per heavy atom. The van der Waals surface area contributed by atoms with Crippen LogP contribution in [0, 0.1) is 5.92 Å². The topological polar surface area (TPSA) is 49.4 Å². The maximum Gasteiger partial charge on any atom is 0.242 e. The van der Waals surface area contributed by atoms with Gasteiger partial charge in [0.25, 0.3) is 0 Å². The summed E-state index contributed by atoms with van der Waals surface area (Å²) >= 11 is 6.04. The van der Waals surface area contributed by atoms with Gasteiger partial charge in [-0.1, -0.05) is 25.4 Å². The Labute approximate surface area is 120 Å². The van der Waals surface area contributed by atoms with Crippen molar-refractivity contribution in [3.05, 3.63) is 28.8 Å². The van der Waals surface area contributed by atoms with Crippen LogP contribution >= 0.6 is 11.6 Å². The number of nitrogens with one attached hydrogen (secondary N) is 1. The third-order valence-corrected chi connectivity index (χ3v) is 4.90. The van der Waals surface area contributed by atoms with Gasteiger partial charge in [-0.25, -0.2) is 12.7 Å². The van der Waals surface area contributed by atoms with Gasteiger partial charge in [-0.05, 0) is 36.7 Å². The summed E-state index contributed by atoms with van der Waals surface area (Å²) in [5.41, 5.74) is 0.781. The van der Waals surface area contributed by atoms with Crippen LogP contribution in [0.15, 0.2) is 23.1 Å². The summed E-state index contributed by atoms with van der Waals surface area (Å²) in [4.78, 5) is 0.283. The Hall–Kier alpha value is -0.620. The van der Waals surface area contributed by atoms with Gasteiger partial charge in [-0.3, -0.25) is 0 Å². The standard InChI is InChI=1S/C13H21ClN2O2S/c1-10(2)9-16(4)19(17,18)12-5-6-13(14)11(7-12)8-15-3/h5-7,10,15H,8-9H2,1-4H3. The second kappa shape index (κ2) is 6.70. The van der Waals surface area contributed by atoms with Gasteiger partial charge in [0.1, 0.15) is 0 Å². The van der Waals surface area contributed by atoms with Gasteiger partial charge in [-0.2, -0.15) is 0 Å². The minimum Gasteiger partial charge on any atom is -0.316 e. The van der Waals surface area contributed by atoms with E-state index < -0.39 is 10.0 Å². The van der Waals surface area contributed by atoms with Gasteiger partial charge in [-0.15, -0.1) is 0 Å². The zero-order valence-electron chi connectivity index (χ0n) is 11.8. The van der Waals surface area contributed by atoms with Gasteiger partial charge in [0, 0.05) is 25.2 Å². The lowest BCUT2D eigenvalue weighted by Crippen LogP contribution is -2.30. The van der Waals surface area contributed by atoms with E-state index in [1.807, 2.05) is 13.8 Å². The molecule has 0 aliphatic rings. The van der Waals surface area contributed by atoms with E-state index in [4.69, 9.17) is 11.6 Å². The minimum absolute atomic E-state index is 0.281. The molecule has 0 bridgehead atoms. The van der Waals surface area contributed by atoms with Crippen molar-refractivity contribution in [1.29, 1.82) is 0 Å². The largest absolute Gasteiger partial charge is 0.316 e. The molecule has 0 fully saturated rings. The third-order valence-electron chi connectivity index (χ3n) is 2.71. The van der Waals surface area contributed by atoms with Crippen LogP contribution in [0.3, 0.4) is 0 Å². The molecule has 0 unspecified atom stereocenters. The smallest absolute Gasteiger partial charge is 0.242 e. The molecule has 1 aromatic carbocycles. The molecule has 0 aliphatic heterocycles. The molecule has 0 saturated carbocycles. The quantitative estimate of drug-likeness (QED) is 0.877. The summed E-state index contributed by atoms with van der Waals surface area (Å²) in [5.74, 6) is 0.281. The van der Waals surface area contributed by atoms with Crippen molar-refractivity contribution < 1.29 is 8.42 Å². The molecule has 4 nitrogen and oxygen atoms in total. The van der Waals surface area contributed by atoms with Crippen LogP contribution in [-0.4, -0.2) is 33.4 Å². The molecule has 0 atom stereocenters. The Morgan fingerprint density at radius 3 is 2.53 bits per heavy atom. The Kier molecular flexibility index (Phi) is 5.80. The van der Waals surface area contributed by atoms with E-state index >= 15 is 0 Å². The molecule has 1 N–H and O–H groups in total. The first kappa shape index (κ1) is 16.4. The second-order valence-electron chi connectivity index (χ2n) is 4.96. The first-order valence-corrected chi connectivity index (χ1v) is 8.00. The molecule has 0 heterocycles. The van der Waals surface area contributed by atoms with Crippen LogP contribution in [0.4, 0.5) is 0 Å². The van der Waals surface area contributed by atoms with E-state index in [-0.39, 0.29) is 10.8 Å². The van der Waals surface area contributed by atoms with Crippen molar-refractivity contribution in [2.45, 2.75) is 25.3 Å². The highest BCUT2D eigenvalue weighted by Crippen LogP contribution is 2.22. The first-order chi connectivity index (χ1) is 8.78. The number of hydrogen-bond donors (Lipinski definition) is 1. The molecular formula is C13H21ClN2O2S. The number of benzene rings is 1. The van der Waals surface area contributed by atoms with Crippen molar-refractivity contribution in [2.75, 3.05) is 20.6 Å². The van der Waals surface area contributed by atoms with Gasteiger partial charge < -0.3 is 5.32 Å². The maximum atomic E-state index is 12.4. The summed E-state index contributed by atoms with van der Waals surface area (Å²) in [6, 6.07) is 4.81. The van der Waals surface area contributed by atoms with Crippen LogP contribution in [-0.2, 0) is 16.6 Å². The lowest BCUT2D eigenvalue weighted by atomic mass is 10.2. The number of nitrogens with zero attached hydrogens (tertiary/aromatic N) is 1. The molecule has 108 valence electrons. The van der Waals surface area contributed by atoms with E-state index in [9.17, 15) is 8.42 Å². The van der Waals surface area contributed by atoms with E-state index in [1.54, 1.807) is 32.3 Å². The number of rotatable bonds is 6. The van der Waals surface area contributed by atoms with E-state index in [2.05, 4.69) is 5.32 Å². The summed E-state index contributed by atoms with van der Waals surface area (Å²) in [6.07, 6.45) is 0. The van der Waals surface area contributed by atoms with Crippen molar-refractivity contribution in [2.24, 2.45) is 5.92 Å². The predicted molar refractivity (Wildman–Crippen MR) is 78.9 cm³/mol. The summed E-state index contributed by atoms with van der Waals surface area (Å²) in [6.45, 7) is 5.00. The van der Waals surface area contributed by atoms with E-state index in [0.29, 0.717) is 18.1 Å². The van der Waals surface area contributed by atoms with Gasteiger partial charge >= 0.3 is 0 Å². The molecule has 19 heavy (non-hydrogen) atoms. The SMILES string of the molecule is CNCc1cc(S(=O)(=O)N(C)CC(C)C)ccc1Cl. The normalized spacial score (nSPS) is 12.4. The molecular weight excluding hydrogens is 284 g/mol. The molecule has 0 spiro atoms. The van der Waals surface area contributed by atoms with Gasteiger partial charge in [0.05, 0.1) is 4.90 Å². The zero-order valence-corrected chi connectivity index (χ0v) is 13.3. The summed E-state index contributed by atoms with van der Waals surface area (Å²) < 4.78 is 26.2. The first-order valence-electron chi connectivity index (χ1n) is 6.18. The van der Waals surface area contributed by atoms with Gasteiger partial charge in [0.2, 0.25) is 10.0 Å². The third kappa shape index (κ3) is 4.18. The molecule has 0 aliphatic carbocycles. The van der Waals surface area contributed by atoms with Crippen molar-refractivity contribution >= 4 is 21.6 Å². The molecule has 0 aromatic heterocycles. The number of halogens is 1. The lowest BCUT2D eigenvalue weighted by molar-refractivity contribution is 0.417. The van der Waals surface area contributed by atoms with Crippen LogP contribution in [0.2, 0.25) is 5.02 Å². The molecule has 1 aromatic rings. The summed E-state index contributed by atoms with van der Waals surface area (Å²) in [7, 11) is -0.0518. The Morgan fingerprint density at radius 1 is 1.37 bits per heavy atom. The summed E-state index contributed by atoms with van der Waals surface area (Å²) in [5, 5.41) is 3.54. The second-order valence-corrected chi connectivity index (χ2v) is 7.42. The number of hydrogen-bond acceptors (Lipinski definition) is 3. The molecule has 0 amide bonds. The average molecular weight is 305 g/mol. The van der Waals surface area contributed by atoms with Gasteiger partial charge in [0.15, 0.2) is 0 Å². The van der Waals surface area contributed by atoms with Crippen LogP contribution < -0.4 is 5.32 Å². The highest BCUT2D eigenvalue weighted by molar-refractivity contribution is 7.89. The highest BCUT2D eigenvalue weighted by atomic mass is 35.5. The van der Waals surface area contributed by atoms with Crippen molar-refractivity contribution in [3.8, 4) is 0 Å². The lowest BCUT2D eigenvalue weighted by Gasteiger charge is -2.19. The van der Waals surface area contributed by atoms with E-state index in [0.717, 1.165) is 5.56 Å². The fourth-order valence-corrected chi connectivity index (χ4v) is 3.40. The van der Waals surface area contributed by atoms with Crippen LogP contribution in [0.1, 0.15) is 19.4 Å². The highest BCUT2D eigenvalue weighted by Gasteiger charge is 2.22.